The highest BCUT2D eigenvalue weighted by Gasteiger charge is 1.54. The third kappa shape index (κ3) is 3.99. The van der Waals surface area contributed by atoms with Gasteiger partial charge in [0.15, 0.2) is 0 Å². The van der Waals surface area contributed by atoms with Crippen LogP contribution < -0.4 is 5.73 Å². The summed E-state index contributed by atoms with van der Waals surface area (Å²) < 4.78 is 0. The first-order valence-corrected chi connectivity index (χ1v) is 1.75. The summed E-state index contributed by atoms with van der Waals surface area (Å²) >= 11 is 5.00. The van der Waals surface area contributed by atoms with Gasteiger partial charge in [-0.1, -0.05) is 17.7 Å². The van der Waals surface area contributed by atoms with Crippen LogP contribution in [0.2, 0.25) is 0 Å². The first-order valence-electron chi connectivity index (χ1n) is 1.31. The molecule has 0 aliphatic carbocycles. The number of hydrogen-bond acceptors (Lipinski definition) is 0. The van der Waals surface area contributed by atoms with Gasteiger partial charge in [0.1, 0.15) is 0 Å². The lowest BCUT2D eigenvalue weighted by Crippen LogP contribution is -1.69. The average Bonchev–Trinajstić information content (AvgIpc) is 1.41. The van der Waals surface area contributed by atoms with Gasteiger partial charge >= 0.3 is 0 Å². The van der Waals surface area contributed by atoms with E-state index in [1.807, 2.05) is 0 Å². The van der Waals surface area contributed by atoms with Crippen LogP contribution in [0, 0.1) is 0 Å². The lowest BCUT2D eigenvalue weighted by molar-refractivity contribution is 1.20. The van der Waals surface area contributed by atoms with Crippen LogP contribution in [-0.2, 0) is 0 Å². The predicted molar refractivity (Wildman–Crippen MR) is 23.0 cm³/mol. The van der Waals surface area contributed by atoms with Crippen molar-refractivity contribution in [1.82, 2.24) is 5.73 Å². The molecule has 1 radical (unpaired) electrons. The Kier molecular flexibility index (Phi) is 3.98. The molecule has 0 aromatic rings. The normalized spacial score (nSPS) is 10.0. The molecular formula is C3H5ClN. The van der Waals surface area contributed by atoms with Gasteiger partial charge in [-0.05, 0) is 0 Å². The van der Waals surface area contributed by atoms with Crippen molar-refractivity contribution >= 4 is 11.6 Å². The summed E-state index contributed by atoms with van der Waals surface area (Å²) in [6.07, 6.45) is 1.56. The maximum Gasteiger partial charge on any atom is 0.0292 e. The monoisotopic (exact) mass is 90.0 g/mol. The predicted octanol–water partition coefficient (Wildman–Crippen LogP) is 1.02. The van der Waals surface area contributed by atoms with E-state index in [1.54, 1.807) is 6.08 Å². The molecule has 29 valence electrons. The van der Waals surface area contributed by atoms with Crippen LogP contribution in [0.5, 0.6) is 0 Å². The third-order valence-corrected chi connectivity index (χ3v) is 0.385. The molecule has 0 saturated carbocycles. The molecule has 5 heavy (non-hydrogen) atoms. The Bertz CT molecular complexity index is 33.9. The summed E-state index contributed by atoms with van der Waals surface area (Å²) in [5.74, 6) is 0. The van der Waals surface area contributed by atoms with Gasteiger partial charge in [-0.25, -0.2) is 0 Å². The molecule has 0 aromatic heterocycles. The second-order valence-corrected chi connectivity index (χ2v) is 0.818. The fourth-order valence-corrected chi connectivity index (χ4v) is 0.134. The number of halogens is 1. The first-order chi connectivity index (χ1) is 2.41. The molecule has 0 fully saturated rings. The first kappa shape index (κ1) is 4.99. The molecule has 0 atom stereocenters. The van der Waals surface area contributed by atoms with Crippen molar-refractivity contribution in [3.63, 3.8) is 0 Å². The van der Waals surface area contributed by atoms with E-state index in [0.29, 0.717) is 0 Å². The molecule has 0 bridgehead atoms. The van der Waals surface area contributed by atoms with Gasteiger partial charge < -0.3 is 0 Å². The largest absolute Gasteiger partial charge is 0.254 e. The van der Waals surface area contributed by atoms with E-state index in [4.69, 9.17) is 17.3 Å². The standard InChI is InChI=1S/C3H5ClN/c4-2-1-3-5/h1-2,5H,3H2/b2-1+. The molecule has 1 N–H and O–H groups in total. The van der Waals surface area contributed by atoms with Crippen molar-refractivity contribution in [2.75, 3.05) is 6.54 Å². The lowest BCUT2D eigenvalue weighted by atomic mass is 10.7. The maximum absolute atomic E-state index is 6.43. The van der Waals surface area contributed by atoms with Gasteiger partial charge in [0.2, 0.25) is 0 Å². The minimum Gasteiger partial charge on any atom is -0.254 e. The summed E-state index contributed by atoms with van der Waals surface area (Å²) in [7, 11) is 0. The number of nitrogens with one attached hydrogen (secondary N) is 1. The highest BCUT2D eigenvalue weighted by molar-refractivity contribution is 6.25. The van der Waals surface area contributed by atoms with Gasteiger partial charge in [-0.2, -0.15) is 0 Å². The van der Waals surface area contributed by atoms with Crippen LogP contribution in [0.1, 0.15) is 0 Å². The molecule has 0 aliphatic rings. The minimum absolute atomic E-state index is 0.281. The zero-order valence-corrected chi connectivity index (χ0v) is 3.50. The second kappa shape index (κ2) is 3.99. The highest BCUT2D eigenvalue weighted by Crippen LogP contribution is 1.71. The van der Waals surface area contributed by atoms with Crippen LogP contribution in [0.3, 0.4) is 0 Å². The maximum atomic E-state index is 6.43. The van der Waals surface area contributed by atoms with Crippen LogP contribution in [0.25, 0.3) is 0 Å². The summed E-state index contributed by atoms with van der Waals surface area (Å²) in [5.41, 5.74) is 7.77. The Balaban J connectivity index is 2.62. The number of hydrogen-bond donors (Lipinski definition) is 0. The summed E-state index contributed by atoms with van der Waals surface area (Å²) in [4.78, 5) is 0. The molecule has 0 rings (SSSR count). The summed E-state index contributed by atoms with van der Waals surface area (Å²) in [6.45, 7) is 0.281. The quantitative estimate of drug-likeness (QED) is 0.459. The van der Waals surface area contributed by atoms with E-state index in [-0.39, 0.29) is 6.54 Å². The van der Waals surface area contributed by atoms with Crippen molar-refractivity contribution in [3.05, 3.63) is 11.6 Å². The Morgan fingerprint density at radius 3 is 2.40 bits per heavy atom. The molecule has 0 unspecified atom stereocenters. The Morgan fingerprint density at radius 1 is 1.80 bits per heavy atom. The van der Waals surface area contributed by atoms with Gasteiger partial charge in [0.25, 0.3) is 0 Å². The van der Waals surface area contributed by atoms with E-state index in [2.05, 4.69) is 0 Å². The minimum atomic E-state index is 0.281. The average molecular weight is 90.5 g/mol. The summed E-state index contributed by atoms with van der Waals surface area (Å²) in [5, 5.41) is 0. The third-order valence-electron chi connectivity index (χ3n) is 0.207. The van der Waals surface area contributed by atoms with Gasteiger partial charge in [-0.3, -0.25) is 5.73 Å². The van der Waals surface area contributed by atoms with Crippen molar-refractivity contribution in [2.45, 2.75) is 0 Å². The smallest absolute Gasteiger partial charge is 0.0292 e. The fraction of sp³-hybridized carbons (Fsp3) is 0.333. The van der Waals surface area contributed by atoms with E-state index in [0.717, 1.165) is 0 Å². The molecule has 0 spiro atoms. The van der Waals surface area contributed by atoms with Crippen LogP contribution in [0.4, 0.5) is 0 Å². The second-order valence-electron chi connectivity index (χ2n) is 0.566. The molecule has 0 aromatic carbocycles. The van der Waals surface area contributed by atoms with Gasteiger partial charge in [0, 0.05) is 12.1 Å². The molecule has 1 nitrogen and oxygen atoms in total. The van der Waals surface area contributed by atoms with E-state index in [9.17, 15) is 0 Å². The van der Waals surface area contributed by atoms with Crippen molar-refractivity contribution in [1.29, 1.82) is 0 Å². The summed E-state index contributed by atoms with van der Waals surface area (Å²) in [6, 6.07) is 0. The zero-order valence-electron chi connectivity index (χ0n) is 2.74. The molecule has 2 heteroatoms. The Morgan fingerprint density at radius 2 is 2.40 bits per heavy atom. The Labute approximate surface area is 36.4 Å². The Hall–Kier alpha value is -0.0100. The highest BCUT2D eigenvalue weighted by atomic mass is 35.5. The van der Waals surface area contributed by atoms with Crippen LogP contribution >= 0.6 is 11.6 Å². The molecule has 0 amide bonds. The molecule has 0 aliphatic heterocycles. The van der Waals surface area contributed by atoms with Gasteiger partial charge in [-0.15, -0.1) is 0 Å². The van der Waals surface area contributed by atoms with Crippen LogP contribution in [0.15, 0.2) is 11.6 Å². The van der Waals surface area contributed by atoms with E-state index in [1.165, 1.54) is 5.54 Å². The van der Waals surface area contributed by atoms with Crippen molar-refractivity contribution in [2.24, 2.45) is 0 Å². The van der Waals surface area contributed by atoms with Crippen molar-refractivity contribution in [3.8, 4) is 0 Å². The zero-order chi connectivity index (χ0) is 4.12. The van der Waals surface area contributed by atoms with Crippen LogP contribution in [-0.4, -0.2) is 6.54 Å². The molecule has 0 saturated heterocycles. The fourth-order valence-electron chi connectivity index (χ4n) is 0.0445. The number of rotatable bonds is 1. The topological polar surface area (TPSA) is 23.8 Å². The van der Waals surface area contributed by atoms with Crippen molar-refractivity contribution < 1.29 is 0 Å². The SMILES string of the molecule is [NH]C/C=C/Cl. The lowest BCUT2D eigenvalue weighted by Gasteiger charge is -1.63. The van der Waals surface area contributed by atoms with E-state index < -0.39 is 0 Å². The van der Waals surface area contributed by atoms with E-state index >= 15 is 0 Å². The van der Waals surface area contributed by atoms with Gasteiger partial charge in [0.05, 0.1) is 0 Å². The molecular weight excluding hydrogens is 85.5 g/mol. The molecule has 0 heterocycles.